The van der Waals surface area contributed by atoms with Crippen LogP contribution in [0.2, 0.25) is 0 Å². The minimum absolute atomic E-state index is 0.199. The van der Waals surface area contributed by atoms with Crippen LogP contribution in [0.4, 0.5) is 16.2 Å². The van der Waals surface area contributed by atoms with Gasteiger partial charge in [-0.25, -0.2) is 13.2 Å². The molecular weight excluding hydrogens is 290 g/mol. The lowest BCUT2D eigenvalue weighted by molar-refractivity contribution is 0.251. The summed E-state index contributed by atoms with van der Waals surface area (Å²) < 4.78 is 25.1. The molecule has 2 amide bonds. The average Bonchev–Trinajstić information content (AvgIpc) is 2.77. The van der Waals surface area contributed by atoms with E-state index < -0.39 is 10.0 Å². The summed E-state index contributed by atoms with van der Waals surface area (Å²) in [6, 6.07) is 6.57. The summed E-state index contributed by atoms with van der Waals surface area (Å²) in [5.41, 5.74) is 1.28. The molecule has 2 rings (SSSR count). The Bertz CT molecular complexity index is 596. The van der Waals surface area contributed by atoms with Crippen molar-refractivity contribution in [3.63, 3.8) is 0 Å². The van der Waals surface area contributed by atoms with Crippen molar-refractivity contribution in [2.75, 3.05) is 28.5 Å². The van der Waals surface area contributed by atoms with Gasteiger partial charge in [0, 0.05) is 18.8 Å². The molecule has 0 saturated carbocycles. The zero-order valence-corrected chi connectivity index (χ0v) is 13.1. The molecule has 1 aromatic rings. The maximum atomic E-state index is 11.8. The second kappa shape index (κ2) is 6.34. The van der Waals surface area contributed by atoms with Crippen LogP contribution in [-0.2, 0) is 10.0 Å². The topological polar surface area (TPSA) is 78.5 Å². The number of hydrogen-bond acceptors (Lipinski definition) is 3. The zero-order chi connectivity index (χ0) is 15.5. The van der Waals surface area contributed by atoms with E-state index in [4.69, 9.17) is 0 Å². The molecular formula is C14H21N3O3S. The smallest absolute Gasteiger partial charge is 0.319 e. The SMILES string of the molecule is CC(C)CNC(=O)Nc1ccc(N2CCCS2(=O)=O)cc1. The Balaban J connectivity index is 1.98. The van der Waals surface area contributed by atoms with E-state index in [0.29, 0.717) is 36.8 Å². The first-order valence-electron chi connectivity index (χ1n) is 7.04. The molecule has 1 fully saturated rings. The summed E-state index contributed by atoms with van der Waals surface area (Å²) in [6.45, 7) is 5.16. The van der Waals surface area contributed by atoms with Gasteiger partial charge in [0.1, 0.15) is 0 Å². The van der Waals surface area contributed by atoms with Crippen molar-refractivity contribution in [3.05, 3.63) is 24.3 Å². The van der Waals surface area contributed by atoms with E-state index >= 15 is 0 Å². The van der Waals surface area contributed by atoms with E-state index in [2.05, 4.69) is 10.6 Å². The predicted molar refractivity (Wildman–Crippen MR) is 84.1 cm³/mol. The number of carbonyl (C=O) groups excluding carboxylic acids is 1. The largest absolute Gasteiger partial charge is 0.338 e. The van der Waals surface area contributed by atoms with Crippen LogP contribution >= 0.6 is 0 Å². The van der Waals surface area contributed by atoms with Crippen LogP contribution in [0.15, 0.2) is 24.3 Å². The molecule has 1 aliphatic rings. The third kappa shape index (κ3) is 4.10. The number of nitrogens with zero attached hydrogens (tertiary/aromatic N) is 1. The molecule has 0 spiro atoms. The summed E-state index contributed by atoms with van der Waals surface area (Å²) in [5.74, 6) is 0.587. The van der Waals surface area contributed by atoms with Gasteiger partial charge in [0.25, 0.3) is 0 Å². The quantitative estimate of drug-likeness (QED) is 0.892. The first-order valence-corrected chi connectivity index (χ1v) is 8.65. The Morgan fingerprint density at radius 1 is 1.29 bits per heavy atom. The summed E-state index contributed by atoms with van der Waals surface area (Å²) in [5, 5.41) is 5.47. The molecule has 6 nitrogen and oxygen atoms in total. The van der Waals surface area contributed by atoms with Crippen molar-refractivity contribution in [1.82, 2.24) is 5.32 Å². The van der Waals surface area contributed by atoms with Crippen LogP contribution in [0.25, 0.3) is 0 Å². The van der Waals surface area contributed by atoms with Gasteiger partial charge in [-0.15, -0.1) is 0 Å². The van der Waals surface area contributed by atoms with Gasteiger partial charge in [-0.1, -0.05) is 13.8 Å². The van der Waals surface area contributed by atoms with Crippen LogP contribution in [0.5, 0.6) is 0 Å². The van der Waals surface area contributed by atoms with Gasteiger partial charge in [0.2, 0.25) is 10.0 Å². The highest BCUT2D eigenvalue weighted by atomic mass is 32.2. The number of carbonyl (C=O) groups is 1. The highest BCUT2D eigenvalue weighted by molar-refractivity contribution is 7.93. The molecule has 0 aromatic heterocycles. The van der Waals surface area contributed by atoms with Crippen LogP contribution < -0.4 is 14.9 Å². The first-order chi connectivity index (χ1) is 9.88. The van der Waals surface area contributed by atoms with Crippen molar-refractivity contribution in [2.45, 2.75) is 20.3 Å². The predicted octanol–water partition coefficient (Wildman–Crippen LogP) is 2.00. The molecule has 0 bridgehead atoms. The molecule has 2 N–H and O–H groups in total. The van der Waals surface area contributed by atoms with Gasteiger partial charge < -0.3 is 10.6 Å². The van der Waals surface area contributed by atoms with E-state index in [1.54, 1.807) is 24.3 Å². The molecule has 7 heteroatoms. The molecule has 1 heterocycles. The second-order valence-corrected chi connectivity index (χ2v) is 7.53. The number of rotatable bonds is 4. The molecule has 1 saturated heterocycles. The van der Waals surface area contributed by atoms with E-state index in [1.165, 1.54) is 4.31 Å². The van der Waals surface area contributed by atoms with Crippen molar-refractivity contribution in [2.24, 2.45) is 5.92 Å². The Morgan fingerprint density at radius 2 is 1.95 bits per heavy atom. The second-order valence-electron chi connectivity index (χ2n) is 5.52. The highest BCUT2D eigenvalue weighted by Gasteiger charge is 2.28. The first kappa shape index (κ1) is 15.6. The highest BCUT2D eigenvalue weighted by Crippen LogP contribution is 2.25. The van der Waals surface area contributed by atoms with Crippen LogP contribution in [0.1, 0.15) is 20.3 Å². The van der Waals surface area contributed by atoms with Gasteiger partial charge in [0.05, 0.1) is 11.4 Å². The zero-order valence-electron chi connectivity index (χ0n) is 12.3. The molecule has 0 unspecified atom stereocenters. The van der Waals surface area contributed by atoms with Gasteiger partial charge >= 0.3 is 6.03 Å². The number of amides is 2. The van der Waals surface area contributed by atoms with E-state index in [-0.39, 0.29) is 11.8 Å². The maximum absolute atomic E-state index is 11.8. The maximum Gasteiger partial charge on any atom is 0.319 e. The third-order valence-corrected chi connectivity index (χ3v) is 5.05. The van der Waals surface area contributed by atoms with Crippen LogP contribution in [-0.4, -0.2) is 33.3 Å². The van der Waals surface area contributed by atoms with Gasteiger partial charge in [-0.05, 0) is 36.6 Å². The number of benzene rings is 1. The molecule has 21 heavy (non-hydrogen) atoms. The van der Waals surface area contributed by atoms with E-state index in [9.17, 15) is 13.2 Å². The van der Waals surface area contributed by atoms with Crippen molar-refractivity contribution in [1.29, 1.82) is 0 Å². The summed E-state index contributed by atoms with van der Waals surface area (Å²) in [7, 11) is -3.16. The average molecular weight is 311 g/mol. The van der Waals surface area contributed by atoms with Crippen LogP contribution in [0, 0.1) is 5.92 Å². The molecule has 116 valence electrons. The number of hydrogen-bond donors (Lipinski definition) is 2. The fourth-order valence-corrected chi connectivity index (χ4v) is 3.68. The van der Waals surface area contributed by atoms with Crippen molar-refractivity contribution in [3.8, 4) is 0 Å². The molecule has 1 aromatic carbocycles. The van der Waals surface area contributed by atoms with Gasteiger partial charge in [0.15, 0.2) is 0 Å². The Kier molecular flexibility index (Phi) is 4.72. The van der Waals surface area contributed by atoms with Crippen molar-refractivity contribution < 1.29 is 13.2 Å². The monoisotopic (exact) mass is 311 g/mol. The standard InChI is InChI=1S/C14H21N3O3S/c1-11(2)10-15-14(18)16-12-4-6-13(7-5-12)17-8-3-9-21(17,19)20/h4-7,11H,3,8-10H2,1-2H3,(H2,15,16,18). The number of urea groups is 1. The summed E-state index contributed by atoms with van der Waals surface area (Å²) >= 11 is 0. The van der Waals surface area contributed by atoms with E-state index in [1.807, 2.05) is 13.8 Å². The van der Waals surface area contributed by atoms with Crippen LogP contribution in [0.3, 0.4) is 0 Å². The fraction of sp³-hybridized carbons (Fsp3) is 0.500. The molecule has 0 aliphatic carbocycles. The Labute approximate surface area is 125 Å². The molecule has 0 radical (unpaired) electrons. The minimum atomic E-state index is -3.16. The number of nitrogens with one attached hydrogen (secondary N) is 2. The lowest BCUT2D eigenvalue weighted by atomic mass is 10.2. The number of anilines is 2. The lowest BCUT2D eigenvalue weighted by Gasteiger charge is -2.17. The van der Waals surface area contributed by atoms with Gasteiger partial charge in [-0.2, -0.15) is 0 Å². The molecule has 1 aliphatic heterocycles. The Morgan fingerprint density at radius 3 is 2.48 bits per heavy atom. The molecule has 0 atom stereocenters. The normalized spacial score (nSPS) is 17.0. The minimum Gasteiger partial charge on any atom is -0.338 e. The fourth-order valence-electron chi connectivity index (χ4n) is 2.11. The van der Waals surface area contributed by atoms with E-state index in [0.717, 1.165) is 0 Å². The third-order valence-electron chi connectivity index (χ3n) is 3.18. The number of sulfonamides is 1. The van der Waals surface area contributed by atoms with Crippen molar-refractivity contribution >= 4 is 27.4 Å². The lowest BCUT2D eigenvalue weighted by Crippen LogP contribution is -2.31. The summed E-state index contributed by atoms with van der Waals surface area (Å²) in [4.78, 5) is 11.6. The Hall–Kier alpha value is -1.76. The summed E-state index contributed by atoms with van der Waals surface area (Å²) in [6.07, 6.45) is 0.653. The van der Waals surface area contributed by atoms with Gasteiger partial charge in [-0.3, -0.25) is 4.31 Å².